The van der Waals surface area contributed by atoms with Gasteiger partial charge in [-0.1, -0.05) is 6.07 Å². The number of rotatable bonds is 1. The third-order valence-electron chi connectivity index (χ3n) is 2.88. The minimum absolute atomic E-state index is 0.0286. The quantitative estimate of drug-likeness (QED) is 0.764. The summed E-state index contributed by atoms with van der Waals surface area (Å²) in [4.78, 5) is 3.85. The van der Waals surface area contributed by atoms with Gasteiger partial charge in [0.05, 0.1) is 17.9 Å². The minimum Gasteiger partial charge on any atom is -0.390 e. The molecule has 3 rings (SSSR count). The van der Waals surface area contributed by atoms with E-state index in [0.717, 1.165) is 6.61 Å². The van der Waals surface area contributed by atoms with Crippen molar-refractivity contribution < 1.29 is 9.84 Å². The van der Waals surface area contributed by atoms with Crippen LogP contribution in [0, 0.1) is 0 Å². The van der Waals surface area contributed by atoms with Gasteiger partial charge in [-0.3, -0.25) is 4.98 Å². The fourth-order valence-corrected chi connectivity index (χ4v) is 1.78. The second kappa shape index (κ2) is 4.73. The highest BCUT2D eigenvalue weighted by Crippen LogP contribution is 2.46. The van der Waals surface area contributed by atoms with Gasteiger partial charge < -0.3 is 9.84 Å². The van der Waals surface area contributed by atoms with Crippen molar-refractivity contribution in [1.82, 2.24) is 4.98 Å². The predicted octanol–water partition coefficient (Wildman–Crippen LogP) is 1.90. The van der Waals surface area contributed by atoms with Crippen molar-refractivity contribution in [3.05, 3.63) is 30.1 Å². The van der Waals surface area contributed by atoms with Crippen LogP contribution in [0.25, 0.3) is 0 Å². The molecule has 3 nitrogen and oxygen atoms in total. The zero-order valence-corrected chi connectivity index (χ0v) is 8.85. The van der Waals surface area contributed by atoms with E-state index in [9.17, 15) is 0 Å². The van der Waals surface area contributed by atoms with Gasteiger partial charge in [0.25, 0.3) is 0 Å². The van der Waals surface area contributed by atoms with Crippen molar-refractivity contribution in [3.63, 3.8) is 0 Å². The fourth-order valence-electron chi connectivity index (χ4n) is 1.78. The van der Waals surface area contributed by atoms with Gasteiger partial charge in [-0.25, -0.2) is 0 Å². The first-order valence-corrected chi connectivity index (χ1v) is 5.49. The third kappa shape index (κ3) is 3.01. The highest BCUT2D eigenvalue weighted by Gasteiger charge is 2.46. The summed E-state index contributed by atoms with van der Waals surface area (Å²) in [5.41, 5.74) is 1.16. The molecule has 82 valence electrons. The van der Waals surface area contributed by atoms with Gasteiger partial charge in [0, 0.05) is 12.8 Å². The molecule has 1 aromatic heterocycles. The van der Waals surface area contributed by atoms with Crippen LogP contribution in [-0.2, 0) is 11.3 Å². The third-order valence-corrected chi connectivity index (χ3v) is 2.88. The molecule has 1 N–H and O–H groups in total. The van der Waals surface area contributed by atoms with E-state index in [2.05, 4.69) is 4.98 Å². The molecule has 3 heteroatoms. The standard InChI is InChI=1S/C6H7NO.C6H10O/c8-5-6-3-1-2-4-7-6;1-2-6(3-4-6)7-5-1/h1-4,8H,5H2;1-5H2. The molecule has 1 spiro atoms. The average Bonchev–Trinajstić information content (AvgIpc) is 2.89. The van der Waals surface area contributed by atoms with Gasteiger partial charge in [-0.15, -0.1) is 0 Å². The summed E-state index contributed by atoms with van der Waals surface area (Å²) in [5.74, 6) is 0. The molecule has 1 saturated carbocycles. The molecular formula is C12H17NO2. The Bertz CT molecular complexity index is 288. The summed E-state index contributed by atoms with van der Waals surface area (Å²) in [6, 6.07) is 5.44. The molecule has 1 aliphatic heterocycles. The number of aromatic nitrogens is 1. The number of nitrogens with zero attached hydrogens (tertiary/aromatic N) is 1. The lowest BCUT2D eigenvalue weighted by molar-refractivity contribution is 0.0909. The number of pyridine rings is 1. The SMILES string of the molecule is C1COC2(C1)CC2.OCc1ccccn1. The summed E-state index contributed by atoms with van der Waals surface area (Å²) in [6.07, 6.45) is 6.98. The van der Waals surface area contributed by atoms with E-state index in [0.29, 0.717) is 11.3 Å². The van der Waals surface area contributed by atoms with Gasteiger partial charge >= 0.3 is 0 Å². The molecule has 0 amide bonds. The Kier molecular flexibility index (Phi) is 3.34. The molecule has 0 aromatic carbocycles. The number of aliphatic hydroxyl groups is 1. The summed E-state index contributed by atoms with van der Waals surface area (Å²) in [6.45, 7) is 1.06. The largest absolute Gasteiger partial charge is 0.390 e. The summed E-state index contributed by atoms with van der Waals surface area (Å²) in [7, 11) is 0. The Morgan fingerprint density at radius 3 is 2.53 bits per heavy atom. The van der Waals surface area contributed by atoms with Gasteiger partial charge in [0.1, 0.15) is 0 Å². The van der Waals surface area contributed by atoms with Crippen LogP contribution in [-0.4, -0.2) is 22.3 Å². The van der Waals surface area contributed by atoms with Crippen LogP contribution in [0.4, 0.5) is 0 Å². The molecule has 2 fully saturated rings. The van der Waals surface area contributed by atoms with Gasteiger partial charge in [0.2, 0.25) is 0 Å². The van der Waals surface area contributed by atoms with Crippen LogP contribution in [0.2, 0.25) is 0 Å². The lowest BCUT2D eigenvalue weighted by atomic mass is 10.2. The molecule has 0 unspecified atom stereocenters. The average molecular weight is 207 g/mol. The molecular weight excluding hydrogens is 190 g/mol. The Balaban J connectivity index is 0.000000114. The van der Waals surface area contributed by atoms with Crippen LogP contribution >= 0.6 is 0 Å². The molecule has 1 saturated heterocycles. The summed E-state index contributed by atoms with van der Waals surface area (Å²) in [5, 5.41) is 8.48. The molecule has 15 heavy (non-hydrogen) atoms. The van der Waals surface area contributed by atoms with Crippen molar-refractivity contribution in [2.24, 2.45) is 0 Å². The fraction of sp³-hybridized carbons (Fsp3) is 0.583. The zero-order chi connectivity index (χ0) is 10.6. The molecule has 2 heterocycles. The van der Waals surface area contributed by atoms with Crippen LogP contribution in [0.15, 0.2) is 24.4 Å². The van der Waals surface area contributed by atoms with Crippen LogP contribution in [0.1, 0.15) is 31.4 Å². The maximum absolute atomic E-state index is 8.48. The van der Waals surface area contributed by atoms with Gasteiger partial charge in [0.15, 0.2) is 0 Å². The van der Waals surface area contributed by atoms with E-state index in [-0.39, 0.29) is 6.61 Å². The highest BCUT2D eigenvalue weighted by molar-refractivity contribution is 5.01. The van der Waals surface area contributed by atoms with E-state index in [1.807, 2.05) is 12.1 Å². The lowest BCUT2D eigenvalue weighted by Gasteiger charge is -2.00. The Labute approximate surface area is 90.1 Å². The Morgan fingerprint density at radius 1 is 1.33 bits per heavy atom. The number of hydrogen-bond donors (Lipinski definition) is 1. The highest BCUT2D eigenvalue weighted by atomic mass is 16.5. The topological polar surface area (TPSA) is 42.4 Å². The molecule has 1 aromatic rings. The van der Waals surface area contributed by atoms with E-state index in [1.54, 1.807) is 12.3 Å². The first kappa shape index (κ1) is 10.6. The maximum Gasteiger partial charge on any atom is 0.0852 e. The first-order valence-electron chi connectivity index (χ1n) is 5.49. The van der Waals surface area contributed by atoms with Crippen LogP contribution in [0.3, 0.4) is 0 Å². The van der Waals surface area contributed by atoms with Crippen molar-refractivity contribution >= 4 is 0 Å². The Hall–Kier alpha value is -0.930. The maximum atomic E-state index is 8.48. The number of ether oxygens (including phenoxy) is 1. The van der Waals surface area contributed by atoms with E-state index in [1.165, 1.54) is 25.7 Å². The van der Waals surface area contributed by atoms with E-state index < -0.39 is 0 Å². The van der Waals surface area contributed by atoms with Crippen molar-refractivity contribution in [1.29, 1.82) is 0 Å². The summed E-state index contributed by atoms with van der Waals surface area (Å²) >= 11 is 0. The van der Waals surface area contributed by atoms with Crippen molar-refractivity contribution in [3.8, 4) is 0 Å². The lowest BCUT2D eigenvalue weighted by Crippen LogP contribution is -2.02. The van der Waals surface area contributed by atoms with Crippen LogP contribution < -0.4 is 0 Å². The smallest absolute Gasteiger partial charge is 0.0852 e. The molecule has 2 aliphatic rings. The first-order chi connectivity index (χ1) is 7.35. The second-order valence-corrected chi connectivity index (χ2v) is 4.11. The predicted molar refractivity (Wildman–Crippen MR) is 57.3 cm³/mol. The number of hydrogen-bond acceptors (Lipinski definition) is 3. The van der Waals surface area contributed by atoms with Crippen LogP contribution in [0.5, 0.6) is 0 Å². The Morgan fingerprint density at radius 2 is 2.20 bits per heavy atom. The molecule has 0 radical (unpaired) electrons. The minimum atomic E-state index is 0.0286. The number of aliphatic hydroxyl groups excluding tert-OH is 1. The molecule has 0 atom stereocenters. The normalized spacial score (nSPS) is 20.9. The second-order valence-electron chi connectivity index (χ2n) is 4.11. The summed E-state index contributed by atoms with van der Waals surface area (Å²) < 4.78 is 5.45. The molecule has 0 bridgehead atoms. The van der Waals surface area contributed by atoms with Gasteiger partial charge in [-0.2, -0.15) is 0 Å². The van der Waals surface area contributed by atoms with Crippen molar-refractivity contribution in [2.45, 2.75) is 37.9 Å². The van der Waals surface area contributed by atoms with E-state index in [4.69, 9.17) is 9.84 Å². The van der Waals surface area contributed by atoms with Crippen molar-refractivity contribution in [2.75, 3.05) is 6.61 Å². The van der Waals surface area contributed by atoms with E-state index >= 15 is 0 Å². The van der Waals surface area contributed by atoms with Gasteiger partial charge in [-0.05, 0) is 37.8 Å². The molecule has 1 aliphatic carbocycles. The zero-order valence-electron chi connectivity index (χ0n) is 8.85. The monoisotopic (exact) mass is 207 g/mol.